The van der Waals surface area contributed by atoms with E-state index in [-0.39, 0.29) is 12.1 Å². The highest BCUT2D eigenvalue weighted by molar-refractivity contribution is 5.87. The summed E-state index contributed by atoms with van der Waals surface area (Å²) in [5.41, 5.74) is 1.44. The van der Waals surface area contributed by atoms with Crippen LogP contribution in [0.1, 0.15) is 21.7 Å². The number of rotatable bonds is 3. The highest BCUT2D eigenvalue weighted by Gasteiger charge is 2.13. The molecule has 3 aromatic heterocycles. The van der Waals surface area contributed by atoms with Crippen LogP contribution in [0.2, 0.25) is 0 Å². The minimum atomic E-state index is -1.22. The predicted octanol–water partition coefficient (Wildman–Crippen LogP) is 1.55. The van der Waals surface area contributed by atoms with Crippen molar-refractivity contribution in [3.63, 3.8) is 0 Å². The molecule has 3 rings (SSSR count). The van der Waals surface area contributed by atoms with E-state index in [9.17, 15) is 9.59 Å². The Balaban J connectivity index is 2.07. The van der Waals surface area contributed by atoms with Gasteiger partial charge in [-0.05, 0) is 31.2 Å². The van der Waals surface area contributed by atoms with Gasteiger partial charge in [0.05, 0.1) is 12.2 Å². The van der Waals surface area contributed by atoms with E-state index >= 15 is 0 Å². The maximum atomic E-state index is 12.2. The molecule has 3 heterocycles. The summed E-state index contributed by atoms with van der Waals surface area (Å²) in [7, 11) is 0. The van der Waals surface area contributed by atoms with Gasteiger partial charge in [0.1, 0.15) is 11.2 Å². The molecule has 0 aliphatic heterocycles. The van der Waals surface area contributed by atoms with Gasteiger partial charge in [-0.2, -0.15) is 0 Å². The third-order valence-corrected chi connectivity index (χ3v) is 3.36. The molecule has 0 aliphatic carbocycles. The number of aromatic nitrogens is 3. The third-order valence-electron chi connectivity index (χ3n) is 3.36. The lowest BCUT2D eigenvalue weighted by molar-refractivity contribution is 0.0694. The molecule has 0 spiro atoms. The molecule has 0 unspecified atom stereocenters. The van der Waals surface area contributed by atoms with Crippen molar-refractivity contribution in [2.75, 3.05) is 0 Å². The van der Waals surface area contributed by atoms with Gasteiger partial charge in [0.15, 0.2) is 0 Å². The number of aromatic carboxylic acids is 1. The van der Waals surface area contributed by atoms with Gasteiger partial charge in [-0.1, -0.05) is 6.07 Å². The standard InChI is InChI=1S/C15H13N3O3/c1-10-5-6-12(15(20)21)14(19)18(10)9-11-8-17-7-3-2-4-13(17)16-11/h2-8H,9H2,1H3,(H,20,21). The van der Waals surface area contributed by atoms with E-state index < -0.39 is 11.5 Å². The van der Waals surface area contributed by atoms with E-state index in [0.29, 0.717) is 11.4 Å². The first-order valence-corrected chi connectivity index (χ1v) is 6.42. The van der Waals surface area contributed by atoms with Crippen molar-refractivity contribution in [2.24, 2.45) is 0 Å². The fourth-order valence-electron chi connectivity index (χ4n) is 2.26. The van der Waals surface area contributed by atoms with Crippen LogP contribution in [0.3, 0.4) is 0 Å². The second-order valence-electron chi connectivity index (χ2n) is 4.78. The molecule has 1 N–H and O–H groups in total. The Bertz CT molecular complexity index is 860. The minimum Gasteiger partial charge on any atom is -0.477 e. The number of nitrogens with zero attached hydrogens (tertiary/aromatic N) is 3. The van der Waals surface area contributed by atoms with Gasteiger partial charge in [0.25, 0.3) is 5.56 Å². The molecule has 6 heteroatoms. The van der Waals surface area contributed by atoms with Crippen LogP contribution in [0.15, 0.2) is 47.5 Å². The summed E-state index contributed by atoms with van der Waals surface area (Å²) in [6.45, 7) is 2.01. The zero-order valence-electron chi connectivity index (χ0n) is 11.4. The number of hydrogen-bond acceptors (Lipinski definition) is 3. The molecule has 0 radical (unpaired) electrons. The molecule has 0 saturated heterocycles. The molecule has 3 aromatic rings. The fraction of sp³-hybridized carbons (Fsp3) is 0.133. The first kappa shape index (κ1) is 13.1. The van der Waals surface area contributed by atoms with E-state index in [1.807, 2.05) is 35.0 Å². The quantitative estimate of drug-likeness (QED) is 0.791. The number of fused-ring (bicyclic) bond motifs is 1. The number of pyridine rings is 2. The van der Waals surface area contributed by atoms with Gasteiger partial charge in [-0.3, -0.25) is 4.79 Å². The van der Waals surface area contributed by atoms with Crippen LogP contribution in [-0.4, -0.2) is 25.0 Å². The molecule has 0 amide bonds. The Labute approximate surface area is 119 Å². The third kappa shape index (κ3) is 2.31. The number of carboxylic acid groups (broad SMARTS) is 1. The first-order chi connectivity index (χ1) is 10.1. The van der Waals surface area contributed by atoms with Crippen molar-refractivity contribution in [1.82, 2.24) is 14.0 Å². The zero-order chi connectivity index (χ0) is 15.0. The smallest absolute Gasteiger partial charge is 0.341 e. The van der Waals surface area contributed by atoms with E-state index in [4.69, 9.17) is 5.11 Å². The summed E-state index contributed by atoms with van der Waals surface area (Å²) in [4.78, 5) is 27.7. The number of hydrogen-bond donors (Lipinski definition) is 1. The summed E-state index contributed by atoms with van der Waals surface area (Å²) >= 11 is 0. The predicted molar refractivity (Wildman–Crippen MR) is 76.7 cm³/mol. The summed E-state index contributed by atoms with van der Waals surface area (Å²) in [5.74, 6) is -1.22. The van der Waals surface area contributed by atoms with Crippen LogP contribution in [0, 0.1) is 6.92 Å². The van der Waals surface area contributed by atoms with Gasteiger partial charge in [0.2, 0.25) is 0 Å². The number of carbonyl (C=O) groups is 1. The summed E-state index contributed by atoms with van der Waals surface area (Å²) in [6, 6.07) is 8.60. The Hall–Kier alpha value is -2.89. The van der Waals surface area contributed by atoms with Gasteiger partial charge >= 0.3 is 5.97 Å². The van der Waals surface area contributed by atoms with Crippen LogP contribution in [0.25, 0.3) is 5.65 Å². The van der Waals surface area contributed by atoms with Crippen molar-refractivity contribution in [1.29, 1.82) is 0 Å². The van der Waals surface area contributed by atoms with Crippen molar-refractivity contribution in [2.45, 2.75) is 13.5 Å². The van der Waals surface area contributed by atoms with Gasteiger partial charge < -0.3 is 14.1 Å². The average molecular weight is 283 g/mol. The molecule has 0 atom stereocenters. The molecule has 0 aromatic carbocycles. The van der Waals surface area contributed by atoms with Crippen LogP contribution in [0.5, 0.6) is 0 Å². The minimum absolute atomic E-state index is 0.232. The highest BCUT2D eigenvalue weighted by atomic mass is 16.4. The SMILES string of the molecule is Cc1ccc(C(=O)O)c(=O)n1Cc1cn2ccccc2n1. The monoisotopic (exact) mass is 283 g/mol. The Kier molecular flexibility index (Phi) is 3.06. The maximum Gasteiger partial charge on any atom is 0.341 e. The number of imidazole rings is 1. The lowest BCUT2D eigenvalue weighted by atomic mass is 10.2. The normalized spacial score (nSPS) is 10.9. The van der Waals surface area contributed by atoms with Crippen LogP contribution >= 0.6 is 0 Å². The molecule has 0 saturated carbocycles. The topological polar surface area (TPSA) is 76.6 Å². The number of aryl methyl sites for hydroxylation is 1. The Morgan fingerprint density at radius 1 is 1.29 bits per heavy atom. The number of carboxylic acids is 1. The van der Waals surface area contributed by atoms with E-state index in [1.54, 1.807) is 13.0 Å². The van der Waals surface area contributed by atoms with Crippen LogP contribution < -0.4 is 5.56 Å². The largest absolute Gasteiger partial charge is 0.477 e. The first-order valence-electron chi connectivity index (χ1n) is 6.42. The molecule has 6 nitrogen and oxygen atoms in total. The van der Waals surface area contributed by atoms with Crippen LogP contribution in [0.4, 0.5) is 0 Å². The van der Waals surface area contributed by atoms with E-state index in [0.717, 1.165) is 5.65 Å². The summed E-state index contributed by atoms with van der Waals surface area (Å²) in [6.07, 6.45) is 3.70. The Morgan fingerprint density at radius 2 is 2.10 bits per heavy atom. The van der Waals surface area contributed by atoms with Crippen LogP contribution in [-0.2, 0) is 6.54 Å². The van der Waals surface area contributed by atoms with Gasteiger partial charge in [-0.25, -0.2) is 9.78 Å². The van der Waals surface area contributed by atoms with Crippen molar-refractivity contribution < 1.29 is 9.90 Å². The zero-order valence-corrected chi connectivity index (χ0v) is 11.4. The maximum absolute atomic E-state index is 12.2. The molecule has 0 bridgehead atoms. The molecule has 0 fully saturated rings. The average Bonchev–Trinajstić information content (AvgIpc) is 2.85. The Morgan fingerprint density at radius 3 is 2.81 bits per heavy atom. The van der Waals surface area contributed by atoms with Gasteiger partial charge in [-0.15, -0.1) is 0 Å². The summed E-state index contributed by atoms with van der Waals surface area (Å²) in [5, 5.41) is 9.03. The molecular weight excluding hydrogens is 270 g/mol. The molecule has 106 valence electrons. The molecule has 0 aliphatic rings. The van der Waals surface area contributed by atoms with Crippen molar-refractivity contribution in [3.05, 3.63) is 70.0 Å². The fourth-order valence-corrected chi connectivity index (χ4v) is 2.26. The van der Waals surface area contributed by atoms with E-state index in [1.165, 1.54) is 10.6 Å². The summed E-state index contributed by atoms with van der Waals surface area (Å²) < 4.78 is 3.28. The lowest BCUT2D eigenvalue weighted by Gasteiger charge is -2.08. The lowest BCUT2D eigenvalue weighted by Crippen LogP contribution is -2.28. The van der Waals surface area contributed by atoms with Crippen molar-refractivity contribution in [3.8, 4) is 0 Å². The highest BCUT2D eigenvalue weighted by Crippen LogP contribution is 2.07. The van der Waals surface area contributed by atoms with E-state index in [2.05, 4.69) is 4.98 Å². The van der Waals surface area contributed by atoms with Crippen molar-refractivity contribution >= 4 is 11.6 Å². The molecule has 21 heavy (non-hydrogen) atoms. The second-order valence-corrected chi connectivity index (χ2v) is 4.78. The van der Waals surface area contributed by atoms with Gasteiger partial charge in [0, 0.05) is 18.1 Å². The molecular formula is C15H13N3O3. The second kappa shape index (κ2) is 4.90.